The molecule has 1 aliphatic heterocycles. The number of nitrogens with zero attached hydrogens (tertiary/aromatic N) is 3. The van der Waals surface area contributed by atoms with Gasteiger partial charge < -0.3 is 10.6 Å². The number of nitrogen functional groups attached to an aromatic ring is 1. The fraction of sp³-hybridized carbons (Fsp3) is 0.375. The summed E-state index contributed by atoms with van der Waals surface area (Å²) < 4.78 is 0. The molecule has 22 heavy (non-hydrogen) atoms. The average molecular weight is 335 g/mol. The number of piperidine rings is 1. The van der Waals surface area contributed by atoms with Gasteiger partial charge in [-0.2, -0.15) is 0 Å². The fourth-order valence-corrected chi connectivity index (χ4v) is 3.63. The Morgan fingerprint density at radius 1 is 1.23 bits per heavy atom. The summed E-state index contributed by atoms with van der Waals surface area (Å²) >= 11 is 7.46. The first kappa shape index (κ1) is 15.4. The van der Waals surface area contributed by atoms with Crippen molar-refractivity contribution in [3.05, 3.63) is 35.6 Å². The van der Waals surface area contributed by atoms with E-state index in [1.807, 2.05) is 24.3 Å². The van der Waals surface area contributed by atoms with E-state index in [-0.39, 0.29) is 0 Å². The van der Waals surface area contributed by atoms with E-state index in [0.717, 1.165) is 27.3 Å². The lowest BCUT2D eigenvalue weighted by Crippen LogP contribution is -2.38. The Morgan fingerprint density at radius 3 is 2.73 bits per heavy atom. The minimum Gasteiger partial charge on any atom is -0.394 e. The van der Waals surface area contributed by atoms with Crippen molar-refractivity contribution >= 4 is 34.9 Å². The maximum Gasteiger partial charge on any atom is 0.156 e. The minimum absolute atomic E-state index is 0.472. The lowest BCUT2D eigenvalue weighted by molar-refractivity contribution is 0.481. The van der Waals surface area contributed by atoms with E-state index in [1.54, 1.807) is 18.1 Å². The summed E-state index contributed by atoms with van der Waals surface area (Å²) in [5.41, 5.74) is 7.00. The molecule has 0 bridgehead atoms. The van der Waals surface area contributed by atoms with Crippen molar-refractivity contribution in [2.45, 2.75) is 42.1 Å². The summed E-state index contributed by atoms with van der Waals surface area (Å²) in [5.74, 6) is 0.860. The van der Waals surface area contributed by atoms with Crippen LogP contribution in [0.3, 0.4) is 0 Å². The van der Waals surface area contributed by atoms with Crippen LogP contribution in [0.1, 0.15) is 26.2 Å². The second-order valence-corrected chi connectivity index (χ2v) is 7.01. The topological polar surface area (TPSA) is 55.0 Å². The highest BCUT2D eigenvalue weighted by atomic mass is 35.5. The highest BCUT2D eigenvalue weighted by Gasteiger charge is 2.23. The predicted molar refractivity (Wildman–Crippen MR) is 92.7 cm³/mol. The Balaban J connectivity index is 1.86. The van der Waals surface area contributed by atoms with Gasteiger partial charge in [-0.05, 0) is 50.5 Å². The van der Waals surface area contributed by atoms with Gasteiger partial charge in [0.25, 0.3) is 0 Å². The van der Waals surface area contributed by atoms with Crippen molar-refractivity contribution in [3.8, 4) is 0 Å². The van der Waals surface area contributed by atoms with Gasteiger partial charge in [-0.25, -0.2) is 9.97 Å². The van der Waals surface area contributed by atoms with E-state index < -0.39 is 0 Å². The third-order valence-electron chi connectivity index (χ3n) is 3.93. The number of rotatable bonds is 3. The predicted octanol–water partition coefficient (Wildman–Crippen LogP) is 4.24. The largest absolute Gasteiger partial charge is 0.394 e. The zero-order valence-corrected chi connectivity index (χ0v) is 14.1. The Hall–Kier alpha value is -1.46. The Kier molecular flexibility index (Phi) is 4.74. The molecule has 2 N–H and O–H groups in total. The molecule has 3 rings (SSSR count). The van der Waals surface area contributed by atoms with Crippen LogP contribution in [0.2, 0.25) is 5.02 Å². The van der Waals surface area contributed by atoms with Gasteiger partial charge in [-0.1, -0.05) is 23.4 Å². The van der Waals surface area contributed by atoms with Crippen molar-refractivity contribution in [1.82, 2.24) is 9.97 Å². The van der Waals surface area contributed by atoms with Crippen molar-refractivity contribution < 1.29 is 0 Å². The molecule has 4 nitrogen and oxygen atoms in total. The van der Waals surface area contributed by atoms with E-state index in [1.165, 1.54) is 19.3 Å². The van der Waals surface area contributed by atoms with Crippen molar-refractivity contribution in [3.63, 3.8) is 0 Å². The van der Waals surface area contributed by atoms with Crippen LogP contribution in [0.15, 0.2) is 40.5 Å². The molecule has 0 aliphatic carbocycles. The lowest BCUT2D eigenvalue weighted by atomic mass is 10.0. The lowest BCUT2D eigenvalue weighted by Gasteiger charge is -2.35. The number of anilines is 2. The first-order chi connectivity index (χ1) is 10.6. The molecule has 0 spiro atoms. The molecule has 1 aliphatic rings. The highest BCUT2D eigenvalue weighted by molar-refractivity contribution is 7.99. The zero-order chi connectivity index (χ0) is 15.5. The summed E-state index contributed by atoms with van der Waals surface area (Å²) in [5, 5.41) is 1.52. The summed E-state index contributed by atoms with van der Waals surface area (Å²) in [4.78, 5) is 12.1. The van der Waals surface area contributed by atoms with Gasteiger partial charge in [0.2, 0.25) is 0 Å². The van der Waals surface area contributed by atoms with E-state index >= 15 is 0 Å². The molecule has 1 atom stereocenters. The summed E-state index contributed by atoms with van der Waals surface area (Å²) in [6, 6.07) is 8.15. The quantitative estimate of drug-likeness (QED) is 0.851. The highest BCUT2D eigenvalue weighted by Crippen LogP contribution is 2.36. The van der Waals surface area contributed by atoms with Crippen LogP contribution >= 0.6 is 23.4 Å². The van der Waals surface area contributed by atoms with Crippen LogP contribution in [-0.2, 0) is 0 Å². The second kappa shape index (κ2) is 6.75. The molecule has 1 unspecified atom stereocenters. The van der Waals surface area contributed by atoms with Gasteiger partial charge in [0.1, 0.15) is 17.0 Å². The molecule has 1 fully saturated rings. The Labute approximate surface area is 140 Å². The third kappa shape index (κ3) is 3.31. The molecule has 6 heteroatoms. The van der Waals surface area contributed by atoms with E-state index in [9.17, 15) is 0 Å². The minimum atomic E-state index is 0.472. The monoisotopic (exact) mass is 334 g/mol. The fourth-order valence-electron chi connectivity index (χ4n) is 2.71. The van der Waals surface area contributed by atoms with Crippen LogP contribution in [0, 0.1) is 0 Å². The molecule has 0 amide bonds. The number of halogens is 1. The van der Waals surface area contributed by atoms with Crippen LogP contribution < -0.4 is 10.6 Å². The number of benzene rings is 1. The van der Waals surface area contributed by atoms with E-state index in [4.69, 9.17) is 17.3 Å². The summed E-state index contributed by atoms with van der Waals surface area (Å²) in [6.45, 7) is 3.24. The molecular formula is C16H19ClN4S. The Bertz CT molecular complexity index is 647. The van der Waals surface area contributed by atoms with Crippen LogP contribution in [0.5, 0.6) is 0 Å². The summed E-state index contributed by atoms with van der Waals surface area (Å²) in [7, 11) is 0. The normalized spacial score (nSPS) is 18.5. The number of hydrogen-bond donors (Lipinski definition) is 1. The smallest absolute Gasteiger partial charge is 0.156 e. The summed E-state index contributed by atoms with van der Waals surface area (Å²) in [6.07, 6.45) is 5.25. The van der Waals surface area contributed by atoms with Gasteiger partial charge in [0.05, 0.1) is 0 Å². The van der Waals surface area contributed by atoms with Gasteiger partial charge in [-0.15, -0.1) is 0 Å². The second-order valence-electron chi connectivity index (χ2n) is 5.51. The Morgan fingerprint density at radius 2 is 2.00 bits per heavy atom. The van der Waals surface area contributed by atoms with E-state index in [0.29, 0.717) is 11.7 Å². The average Bonchev–Trinajstić information content (AvgIpc) is 2.52. The molecule has 1 aromatic heterocycles. The number of nitrogens with two attached hydrogens (primary N) is 1. The maximum atomic E-state index is 6.34. The molecule has 1 saturated heterocycles. The molecule has 0 saturated carbocycles. The van der Waals surface area contributed by atoms with Crippen molar-refractivity contribution in [2.24, 2.45) is 0 Å². The van der Waals surface area contributed by atoms with Crippen LogP contribution in [0.4, 0.5) is 11.5 Å². The number of hydrogen-bond acceptors (Lipinski definition) is 5. The van der Waals surface area contributed by atoms with Gasteiger partial charge in [0, 0.05) is 22.5 Å². The number of aromatic nitrogens is 2. The first-order valence-electron chi connectivity index (χ1n) is 7.45. The van der Waals surface area contributed by atoms with Crippen LogP contribution in [-0.4, -0.2) is 22.6 Å². The third-order valence-corrected chi connectivity index (χ3v) is 5.21. The molecular weight excluding hydrogens is 316 g/mol. The van der Waals surface area contributed by atoms with Gasteiger partial charge in [-0.3, -0.25) is 0 Å². The van der Waals surface area contributed by atoms with Crippen LogP contribution in [0.25, 0.3) is 0 Å². The van der Waals surface area contributed by atoms with Gasteiger partial charge in [0.15, 0.2) is 5.82 Å². The molecule has 1 aromatic carbocycles. The molecule has 2 heterocycles. The molecule has 0 radical (unpaired) electrons. The van der Waals surface area contributed by atoms with Gasteiger partial charge >= 0.3 is 0 Å². The van der Waals surface area contributed by atoms with Crippen molar-refractivity contribution in [1.29, 1.82) is 0 Å². The zero-order valence-electron chi connectivity index (χ0n) is 12.5. The molecule has 2 aromatic rings. The van der Waals surface area contributed by atoms with E-state index in [2.05, 4.69) is 21.8 Å². The SMILES string of the molecule is CC1CCCCN1c1ncnc(Sc2ccc(Cl)cc2)c1N. The standard InChI is InChI=1S/C16H19ClN4S/c1-11-4-2-3-9-21(11)15-14(18)16(20-10-19-15)22-13-7-5-12(17)6-8-13/h5-8,10-11H,2-4,9,18H2,1H3. The molecule has 116 valence electrons. The maximum absolute atomic E-state index is 6.34. The van der Waals surface area contributed by atoms with Crippen molar-refractivity contribution in [2.75, 3.05) is 17.2 Å². The first-order valence-corrected chi connectivity index (χ1v) is 8.65.